The Morgan fingerprint density at radius 1 is 0.532 bits per heavy atom. The molecule has 0 unspecified atom stereocenters. The van der Waals surface area contributed by atoms with Gasteiger partial charge in [-0.2, -0.15) is 0 Å². The van der Waals surface area contributed by atoms with Gasteiger partial charge in [-0.1, -0.05) is 77.3 Å². The topological polar surface area (TPSA) is 640 Å². The summed E-state index contributed by atoms with van der Waals surface area (Å²) in [6.07, 6.45) is 2.77. The number of amides is 16. The number of aliphatic hydroxyl groups excluding tert-OH is 1. The molecule has 46 heteroatoms. The first-order valence-electron chi connectivity index (χ1n) is 35.7. The van der Waals surface area contributed by atoms with E-state index in [1.165, 1.54) is 52.7 Å². The smallest absolute Gasteiger partial charge is 0.305 e. The van der Waals surface area contributed by atoms with Crippen molar-refractivity contribution in [3.63, 3.8) is 0 Å². The molecule has 0 radical (unpaired) electrons. The van der Waals surface area contributed by atoms with Crippen molar-refractivity contribution in [1.29, 1.82) is 0 Å². The standard InChI is InChI=1S/C65H97N21O21S4/c1-7-30(4)50-63(105)80-40(51(67)93)23-108-110-26-43-59(101)79-39(22-87)56(98)78-38(17-34-21-69-28-71-34)65(107)85-14-8-10-44(85)60(102)73-31(5)52(94)81-42(25-111-109-24-41(58(100)82-43)74-46(88)19-66)57(99)72-32(6)53(95)83-49(29(2)3)62(104)76-36(18-48(91)92)55(97)77-37(16-33-20-68-27-70-33)64(106)86-15-9-11-45(86)61(103)75-35(54(96)84-50)12-13-47(89)90/h20-21,27-32,35-45,49-50,87H,7-19,22-26,66H2,1-6H3,(H2,67,93)(H,68,70)(H,69,71)(H,72,99)(H,73,102)(H,74,88)(H,75,103)(H,76,104)(H,77,97)(H,78,98)(H,79,101)(H,80,105)(H,81,94)(H,82,100)(H,83,95)(H,84,96)(H,89,90)(H,91,92)/t30-,31-,32-,35-,36-,37-,38-,39-,40-,41-,42-,43-,44-,45-,49-,50-/m0/s1. The maximum absolute atomic E-state index is 14.8. The molecule has 4 fully saturated rings. The number of carboxylic acids is 2. The van der Waals surface area contributed by atoms with E-state index in [2.05, 4.69) is 89.1 Å². The third-order valence-electron chi connectivity index (χ3n) is 18.4. The summed E-state index contributed by atoms with van der Waals surface area (Å²) in [5, 5.41) is 63.0. The van der Waals surface area contributed by atoms with Crippen LogP contribution in [0.25, 0.3) is 0 Å². The minimum Gasteiger partial charge on any atom is -0.481 e. The van der Waals surface area contributed by atoms with Crippen molar-refractivity contribution in [2.75, 3.05) is 49.3 Å². The Morgan fingerprint density at radius 3 is 1.48 bits per heavy atom. The van der Waals surface area contributed by atoms with Gasteiger partial charge in [0.1, 0.15) is 90.6 Å². The van der Waals surface area contributed by atoms with Crippen LogP contribution < -0.4 is 80.6 Å². The number of aromatic nitrogens is 4. The molecule has 2 bridgehead atoms. The first-order valence-corrected chi connectivity index (χ1v) is 40.6. The molecular weight excluding hydrogens is 1540 g/mol. The van der Waals surface area contributed by atoms with Crippen molar-refractivity contribution in [2.45, 2.75) is 196 Å². The van der Waals surface area contributed by atoms with Crippen LogP contribution in [0, 0.1) is 11.8 Å². The number of carbonyl (C=O) groups is 18. The fourth-order valence-corrected chi connectivity index (χ4v) is 16.6. The predicted octanol–water partition coefficient (Wildman–Crippen LogP) is -7.49. The number of aliphatic hydroxyl groups is 1. The maximum atomic E-state index is 14.8. The summed E-state index contributed by atoms with van der Waals surface area (Å²) >= 11 is 0. The lowest BCUT2D eigenvalue weighted by Gasteiger charge is -2.31. The molecule has 2 aromatic heterocycles. The third-order valence-corrected chi connectivity index (χ3v) is 23.2. The largest absolute Gasteiger partial charge is 0.481 e. The molecule has 612 valence electrons. The molecule has 4 aliphatic rings. The van der Waals surface area contributed by atoms with Gasteiger partial charge in [-0.05, 0) is 57.8 Å². The average Bonchev–Trinajstić information content (AvgIpc) is 1.75. The number of carbonyl (C=O) groups excluding carboxylic acids is 16. The fraction of sp³-hybridized carbons (Fsp3) is 0.631. The number of hydrogen-bond acceptors (Lipinski definition) is 26. The first-order chi connectivity index (χ1) is 52.6. The zero-order chi connectivity index (χ0) is 81.9. The van der Waals surface area contributed by atoms with E-state index < -0.39 is 264 Å². The second kappa shape index (κ2) is 43.7. The molecule has 0 aromatic carbocycles. The van der Waals surface area contributed by atoms with E-state index in [9.17, 15) is 102 Å². The number of nitrogens with one attached hydrogen (secondary N) is 15. The number of primary amides is 1. The van der Waals surface area contributed by atoms with Crippen LogP contribution >= 0.6 is 43.2 Å². The first kappa shape index (κ1) is 90.1. The third kappa shape index (κ3) is 27.0. The molecule has 22 N–H and O–H groups in total. The van der Waals surface area contributed by atoms with Gasteiger partial charge in [0, 0.05) is 79.1 Å². The summed E-state index contributed by atoms with van der Waals surface area (Å²) in [4.78, 5) is 269. The summed E-state index contributed by atoms with van der Waals surface area (Å²) in [5.74, 6) is -22.7. The highest BCUT2D eigenvalue weighted by molar-refractivity contribution is 8.77. The molecule has 6 rings (SSSR count). The van der Waals surface area contributed by atoms with Gasteiger partial charge < -0.3 is 116 Å². The van der Waals surface area contributed by atoms with Crippen LogP contribution in [0.3, 0.4) is 0 Å². The lowest BCUT2D eigenvalue weighted by atomic mass is 9.97. The van der Waals surface area contributed by atoms with Crippen molar-refractivity contribution in [1.82, 2.24) is 98.9 Å². The van der Waals surface area contributed by atoms with Gasteiger partial charge in [0.05, 0.1) is 32.2 Å². The zero-order valence-electron chi connectivity index (χ0n) is 61.6. The number of carboxylic acid groups (broad SMARTS) is 2. The summed E-state index contributed by atoms with van der Waals surface area (Å²) in [6, 6.07) is -24.1. The number of nitrogens with two attached hydrogens (primary N) is 2. The highest BCUT2D eigenvalue weighted by atomic mass is 33.1. The van der Waals surface area contributed by atoms with Crippen LogP contribution in [0.1, 0.15) is 104 Å². The van der Waals surface area contributed by atoms with E-state index in [0.717, 1.165) is 53.0 Å². The van der Waals surface area contributed by atoms with Gasteiger partial charge in [-0.15, -0.1) is 0 Å². The van der Waals surface area contributed by atoms with Crippen molar-refractivity contribution in [2.24, 2.45) is 23.3 Å². The Balaban J connectivity index is 1.44. The summed E-state index contributed by atoms with van der Waals surface area (Å²) in [7, 11) is 3.28. The van der Waals surface area contributed by atoms with Crippen LogP contribution in [-0.2, 0) is 99.1 Å². The Labute approximate surface area is 652 Å². The van der Waals surface area contributed by atoms with Gasteiger partial charge in [-0.25, -0.2) is 9.97 Å². The number of aromatic amines is 2. The molecule has 6 heterocycles. The van der Waals surface area contributed by atoms with Crippen LogP contribution in [0.4, 0.5) is 0 Å². The lowest BCUT2D eigenvalue weighted by molar-refractivity contribution is -0.144. The van der Waals surface area contributed by atoms with Crippen LogP contribution in [-0.4, -0.2) is 291 Å². The van der Waals surface area contributed by atoms with E-state index in [1.54, 1.807) is 13.8 Å². The Bertz CT molecular complexity index is 3700. The van der Waals surface area contributed by atoms with Crippen LogP contribution in [0.5, 0.6) is 0 Å². The van der Waals surface area contributed by atoms with Crippen LogP contribution in [0.2, 0.25) is 0 Å². The maximum Gasteiger partial charge on any atom is 0.305 e. The van der Waals surface area contributed by atoms with Crippen LogP contribution in [0.15, 0.2) is 25.0 Å². The highest BCUT2D eigenvalue weighted by Crippen LogP contribution is 2.27. The number of nitrogens with zero attached hydrogens (tertiary/aromatic N) is 4. The molecule has 16 amide bonds. The second-order valence-corrected chi connectivity index (χ2v) is 32.2. The summed E-state index contributed by atoms with van der Waals surface area (Å²) in [5.41, 5.74) is 12.1. The normalized spacial score (nSPS) is 28.4. The van der Waals surface area contributed by atoms with E-state index >= 15 is 0 Å². The number of hydrogen-bond donors (Lipinski definition) is 20. The average molecular weight is 1640 g/mol. The molecule has 0 saturated carbocycles. The van der Waals surface area contributed by atoms with E-state index in [0.29, 0.717) is 5.69 Å². The number of imidazole rings is 2. The Kier molecular flexibility index (Phi) is 35.5. The highest BCUT2D eigenvalue weighted by Gasteiger charge is 2.44. The Morgan fingerprint density at radius 2 is 0.982 bits per heavy atom. The molecule has 16 atom stereocenters. The van der Waals surface area contributed by atoms with E-state index in [1.807, 2.05) is 0 Å². The van der Waals surface area contributed by atoms with Crippen molar-refractivity contribution >= 4 is 150 Å². The fourth-order valence-electron chi connectivity index (χ4n) is 11.9. The quantitative estimate of drug-likeness (QED) is 0.0694. The zero-order valence-corrected chi connectivity index (χ0v) is 64.9. The van der Waals surface area contributed by atoms with Crippen molar-refractivity contribution in [3.05, 3.63) is 36.4 Å². The van der Waals surface area contributed by atoms with Gasteiger partial charge in [0.15, 0.2) is 0 Å². The minimum atomic E-state index is -1.98. The van der Waals surface area contributed by atoms with Crippen molar-refractivity contribution < 1.29 is 102 Å². The molecule has 4 saturated heterocycles. The number of fused-ring (bicyclic) bond motifs is 10. The number of rotatable bonds is 16. The molecule has 0 aliphatic carbocycles. The summed E-state index contributed by atoms with van der Waals surface area (Å²) in [6.45, 7) is 6.68. The molecular formula is C65H97N21O21S4. The van der Waals surface area contributed by atoms with Gasteiger partial charge in [-0.3, -0.25) is 86.3 Å². The number of H-pyrrole nitrogens is 2. The predicted molar refractivity (Wildman–Crippen MR) is 399 cm³/mol. The minimum absolute atomic E-state index is 0.0370. The van der Waals surface area contributed by atoms with E-state index in [-0.39, 0.29) is 63.7 Å². The molecule has 42 nitrogen and oxygen atoms in total. The SMILES string of the molecule is CC[C@H](C)[C@@H]1NC(=O)[C@H](CCC(=O)O)NC(=O)[C@@H]2CCCN2C(=O)[C@H](Cc2cnc[nH]2)NC(=O)[C@H](CC(=O)O)NC(=O)[C@H](C(C)C)NC(=O)[C@H](C)NC(=O)[C@@H]2CSSC[C@H](NC(=O)CN)C(=O)N[C@@H](CSSC[C@@H](C(N)=O)NC1=O)C(=O)N[C@@H](CO)C(=O)N[C@@H](Cc1cnc[nH]1)C(=O)N1CCC[C@H]1C(=O)N[C@@H](C)C(=O)N2. The summed E-state index contributed by atoms with van der Waals surface area (Å²) < 4.78 is 0. The van der Waals surface area contributed by atoms with Gasteiger partial charge >= 0.3 is 11.9 Å². The molecule has 2 aromatic rings. The lowest BCUT2D eigenvalue weighted by Crippen LogP contribution is -2.61. The van der Waals surface area contributed by atoms with Crippen molar-refractivity contribution in [3.8, 4) is 0 Å². The molecule has 4 aliphatic heterocycles. The van der Waals surface area contributed by atoms with Gasteiger partial charge in [0.2, 0.25) is 94.5 Å². The second-order valence-electron chi connectivity index (χ2n) is 27.1. The molecule has 0 spiro atoms. The number of aliphatic carboxylic acids is 2. The van der Waals surface area contributed by atoms with Gasteiger partial charge in [0.25, 0.3) is 0 Å². The molecule has 111 heavy (non-hydrogen) atoms. The Hall–Kier alpha value is -9.80. The monoisotopic (exact) mass is 1640 g/mol. The van der Waals surface area contributed by atoms with E-state index in [4.69, 9.17) is 11.5 Å².